The monoisotopic (exact) mass is 376 g/mol. The highest BCUT2D eigenvalue weighted by atomic mass is 35.5. The molecular formula is C20H25ClN2OS. The van der Waals surface area contributed by atoms with Crippen LogP contribution in [0.1, 0.15) is 24.0 Å². The fourth-order valence-corrected chi connectivity index (χ4v) is 4.11. The van der Waals surface area contributed by atoms with E-state index in [2.05, 4.69) is 24.3 Å². The molecule has 1 saturated heterocycles. The van der Waals surface area contributed by atoms with E-state index in [1.54, 1.807) is 11.8 Å². The first-order valence-corrected chi connectivity index (χ1v) is 9.45. The zero-order chi connectivity index (χ0) is 16.9. The predicted molar refractivity (Wildman–Crippen MR) is 108 cm³/mol. The van der Waals surface area contributed by atoms with Crippen molar-refractivity contribution >= 4 is 30.1 Å². The largest absolute Gasteiger partial charge is 0.339 e. The van der Waals surface area contributed by atoms with Crippen LogP contribution in [0.2, 0.25) is 0 Å². The molecule has 2 aromatic rings. The Morgan fingerprint density at radius 3 is 2.36 bits per heavy atom. The lowest BCUT2D eigenvalue weighted by Gasteiger charge is -2.20. The van der Waals surface area contributed by atoms with E-state index in [0.29, 0.717) is 6.54 Å². The molecule has 0 radical (unpaired) electrons. The van der Waals surface area contributed by atoms with E-state index in [-0.39, 0.29) is 35.5 Å². The van der Waals surface area contributed by atoms with E-state index < -0.39 is 0 Å². The minimum atomic E-state index is -0.0491. The average molecular weight is 377 g/mol. The molecule has 2 N–H and O–H groups in total. The van der Waals surface area contributed by atoms with Crippen molar-refractivity contribution in [2.24, 2.45) is 5.73 Å². The normalized spacial score (nSPS) is 20.8. The van der Waals surface area contributed by atoms with E-state index in [0.717, 1.165) is 12.3 Å². The van der Waals surface area contributed by atoms with Crippen LogP contribution in [-0.2, 0) is 10.5 Å². The topological polar surface area (TPSA) is 46.3 Å². The average Bonchev–Trinajstić information content (AvgIpc) is 3.02. The quantitative estimate of drug-likeness (QED) is 0.865. The Hall–Kier alpha value is -1.49. The number of halogens is 1. The fourth-order valence-electron chi connectivity index (χ4n) is 3.19. The molecule has 0 aliphatic carbocycles. The van der Waals surface area contributed by atoms with Gasteiger partial charge in [-0.2, -0.15) is 0 Å². The van der Waals surface area contributed by atoms with Gasteiger partial charge in [0.05, 0.1) is 5.25 Å². The van der Waals surface area contributed by atoms with Crippen LogP contribution in [-0.4, -0.2) is 35.2 Å². The van der Waals surface area contributed by atoms with Crippen LogP contribution in [0.4, 0.5) is 0 Å². The van der Waals surface area contributed by atoms with Crippen LogP contribution in [0.5, 0.6) is 0 Å². The van der Waals surface area contributed by atoms with Gasteiger partial charge in [0, 0.05) is 30.8 Å². The lowest BCUT2D eigenvalue weighted by Crippen LogP contribution is -2.36. The summed E-state index contributed by atoms with van der Waals surface area (Å²) in [5.74, 6) is 1.29. The summed E-state index contributed by atoms with van der Waals surface area (Å²) in [7, 11) is 0. The van der Waals surface area contributed by atoms with Crippen molar-refractivity contribution in [3.05, 3.63) is 71.8 Å². The molecule has 3 nitrogen and oxygen atoms in total. The van der Waals surface area contributed by atoms with Crippen LogP contribution >= 0.6 is 24.2 Å². The lowest BCUT2D eigenvalue weighted by molar-refractivity contribution is -0.129. The molecule has 0 bridgehead atoms. The lowest BCUT2D eigenvalue weighted by atomic mass is 9.95. The molecule has 1 fully saturated rings. The van der Waals surface area contributed by atoms with Crippen LogP contribution < -0.4 is 5.73 Å². The summed E-state index contributed by atoms with van der Waals surface area (Å²) in [6.45, 7) is 3.37. The summed E-state index contributed by atoms with van der Waals surface area (Å²) < 4.78 is 0. The Balaban J connectivity index is 0.00000225. The second-order valence-corrected chi connectivity index (χ2v) is 7.69. The minimum absolute atomic E-state index is 0. The van der Waals surface area contributed by atoms with E-state index in [9.17, 15) is 4.79 Å². The molecule has 134 valence electrons. The van der Waals surface area contributed by atoms with Gasteiger partial charge in [-0.3, -0.25) is 4.79 Å². The number of likely N-dealkylation sites (tertiary alicyclic amines) is 1. The van der Waals surface area contributed by atoms with Crippen LogP contribution in [0.15, 0.2) is 60.7 Å². The first-order chi connectivity index (χ1) is 11.6. The number of carbonyl (C=O) groups is 1. The highest BCUT2D eigenvalue weighted by molar-refractivity contribution is 7.99. The van der Waals surface area contributed by atoms with E-state index in [4.69, 9.17) is 5.73 Å². The molecular weight excluding hydrogens is 352 g/mol. The van der Waals surface area contributed by atoms with E-state index in [1.807, 2.05) is 48.2 Å². The van der Waals surface area contributed by atoms with Crippen molar-refractivity contribution in [1.29, 1.82) is 0 Å². The second kappa shape index (κ2) is 9.27. The molecule has 1 aliphatic heterocycles. The van der Waals surface area contributed by atoms with Crippen LogP contribution in [0.25, 0.3) is 0 Å². The molecule has 3 atom stereocenters. The maximum Gasteiger partial charge on any atom is 0.235 e. The molecule has 1 unspecified atom stereocenters. The first kappa shape index (κ1) is 19.8. The number of hydrogen-bond donors (Lipinski definition) is 1. The molecule has 0 spiro atoms. The fraction of sp³-hybridized carbons (Fsp3) is 0.350. The Morgan fingerprint density at radius 1 is 1.12 bits per heavy atom. The maximum atomic E-state index is 12.7. The van der Waals surface area contributed by atoms with Crippen molar-refractivity contribution in [2.45, 2.75) is 29.9 Å². The molecule has 2 aromatic carbocycles. The second-order valence-electron chi connectivity index (χ2n) is 6.36. The number of amides is 1. The third kappa shape index (κ3) is 5.00. The first-order valence-electron chi connectivity index (χ1n) is 8.40. The van der Waals surface area contributed by atoms with Crippen LogP contribution in [0, 0.1) is 0 Å². The summed E-state index contributed by atoms with van der Waals surface area (Å²) in [6, 6.07) is 20.6. The minimum Gasteiger partial charge on any atom is -0.339 e. The molecule has 0 saturated carbocycles. The molecule has 0 aromatic heterocycles. The summed E-state index contributed by atoms with van der Waals surface area (Å²) in [6.07, 6.45) is 0. The number of nitrogens with two attached hydrogens (primary N) is 1. The van der Waals surface area contributed by atoms with Gasteiger partial charge in [0.2, 0.25) is 5.91 Å². The van der Waals surface area contributed by atoms with Crippen molar-refractivity contribution in [2.75, 3.05) is 13.1 Å². The number of benzene rings is 2. The maximum absolute atomic E-state index is 12.7. The molecule has 25 heavy (non-hydrogen) atoms. The van der Waals surface area contributed by atoms with Gasteiger partial charge in [-0.25, -0.2) is 0 Å². The number of carbonyl (C=O) groups excluding carboxylic acids is 1. The number of hydrogen-bond acceptors (Lipinski definition) is 3. The Bertz CT molecular complexity index is 668. The predicted octanol–water partition coefficient (Wildman–Crippen LogP) is 3.68. The number of rotatable bonds is 5. The summed E-state index contributed by atoms with van der Waals surface area (Å²) in [5, 5.41) is -0.0491. The van der Waals surface area contributed by atoms with Gasteiger partial charge in [0.15, 0.2) is 0 Å². The van der Waals surface area contributed by atoms with Gasteiger partial charge in [-0.05, 0) is 18.1 Å². The molecule has 1 amide bonds. The Kier molecular flexibility index (Phi) is 7.36. The van der Waals surface area contributed by atoms with Gasteiger partial charge in [0.25, 0.3) is 0 Å². The Labute approximate surface area is 160 Å². The van der Waals surface area contributed by atoms with Gasteiger partial charge < -0.3 is 10.6 Å². The van der Waals surface area contributed by atoms with Crippen molar-refractivity contribution in [1.82, 2.24) is 4.90 Å². The van der Waals surface area contributed by atoms with Crippen LogP contribution in [0.3, 0.4) is 0 Å². The van der Waals surface area contributed by atoms with E-state index >= 15 is 0 Å². The third-order valence-corrected chi connectivity index (χ3v) is 5.80. The smallest absolute Gasteiger partial charge is 0.235 e. The van der Waals surface area contributed by atoms with Crippen molar-refractivity contribution < 1.29 is 4.79 Å². The van der Waals surface area contributed by atoms with E-state index in [1.165, 1.54) is 11.1 Å². The third-order valence-electron chi connectivity index (χ3n) is 4.60. The zero-order valence-corrected chi connectivity index (χ0v) is 16.0. The Morgan fingerprint density at radius 2 is 1.72 bits per heavy atom. The SMILES string of the molecule is CC(SCc1ccccc1)C(=O)N1C[C@@H](N)[C@H](c2ccccc2)C1.Cl. The van der Waals surface area contributed by atoms with Gasteiger partial charge in [-0.1, -0.05) is 60.7 Å². The highest BCUT2D eigenvalue weighted by Crippen LogP contribution is 2.28. The summed E-state index contributed by atoms with van der Waals surface area (Å²) >= 11 is 1.69. The van der Waals surface area contributed by atoms with Crippen molar-refractivity contribution in [3.63, 3.8) is 0 Å². The van der Waals surface area contributed by atoms with Crippen molar-refractivity contribution in [3.8, 4) is 0 Å². The van der Waals surface area contributed by atoms with Gasteiger partial charge >= 0.3 is 0 Å². The molecule has 5 heteroatoms. The number of thioether (sulfide) groups is 1. The standard InChI is InChI=1S/C20H24N2OS.ClH/c1-15(24-14-16-8-4-2-5-9-16)20(23)22-12-18(19(21)13-22)17-10-6-3-7-11-17;/h2-11,15,18-19H,12-14,21H2,1H3;1H/t15?,18-,19+;/m0./s1. The highest BCUT2D eigenvalue weighted by Gasteiger charge is 2.35. The molecule has 1 aliphatic rings. The van der Waals surface area contributed by atoms with Gasteiger partial charge in [-0.15, -0.1) is 24.2 Å². The van der Waals surface area contributed by atoms with Gasteiger partial charge in [0.1, 0.15) is 0 Å². The zero-order valence-electron chi connectivity index (χ0n) is 14.4. The molecule has 3 rings (SSSR count). The molecule has 1 heterocycles. The summed E-state index contributed by atoms with van der Waals surface area (Å²) in [5.41, 5.74) is 8.78. The number of nitrogens with zero attached hydrogens (tertiary/aromatic N) is 1. The summed E-state index contributed by atoms with van der Waals surface area (Å²) in [4.78, 5) is 14.7.